The molecule has 0 aliphatic rings. The molecule has 30 heavy (non-hydrogen) atoms. The van der Waals surface area contributed by atoms with Gasteiger partial charge in [-0.25, -0.2) is 4.98 Å². The summed E-state index contributed by atoms with van der Waals surface area (Å²) >= 11 is 0. The van der Waals surface area contributed by atoms with E-state index in [1.807, 2.05) is 62.4 Å². The van der Waals surface area contributed by atoms with Gasteiger partial charge in [-0.15, -0.1) is 0 Å². The van der Waals surface area contributed by atoms with Crippen LogP contribution in [-0.2, 0) is 0 Å². The van der Waals surface area contributed by atoms with Gasteiger partial charge >= 0.3 is 0 Å². The van der Waals surface area contributed by atoms with E-state index in [0.717, 1.165) is 11.3 Å². The number of rotatable bonds is 5. The van der Waals surface area contributed by atoms with Gasteiger partial charge in [-0.05, 0) is 55.8 Å². The van der Waals surface area contributed by atoms with Gasteiger partial charge in [0.1, 0.15) is 0 Å². The minimum atomic E-state index is -0.375. The van der Waals surface area contributed by atoms with Gasteiger partial charge in [-0.2, -0.15) is 0 Å². The number of carbonyl (C=O) groups is 2. The Morgan fingerprint density at radius 2 is 1.77 bits per heavy atom. The fourth-order valence-electron chi connectivity index (χ4n) is 3.43. The molecule has 0 spiro atoms. The first-order chi connectivity index (χ1) is 14.6. The number of aromatic nitrogens is 2. The zero-order valence-electron chi connectivity index (χ0n) is 16.9. The van der Waals surface area contributed by atoms with Crippen LogP contribution in [0.1, 0.15) is 33.6 Å². The van der Waals surface area contributed by atoms with E-state index in [4.69, 9.17) is 0 Å². The Kier molecular flexibility index (Phi) is 5.30. The summed E-state index contributed by atoms with van der Waals surface area (Å²) in [6, 6.07) is 22.4. The molecular formula is C24H22N4O2. The van der Waals surface area contributed by atoms with Gasteiger partial charge in [0.2, 0.25) is 5.82 Å². The summed E-state index contributed by atoms with van der Waals surface area (Å²) in [5.41, 5.74) is 3.37. The van der Waals surface area contributed by atoms with Crippen molar-refractivity contribution >= 4 is 28.7 Å². The maximum Gasteiger partial charge on any atom is 0.292 e. The molecule has 2 heterocycles. The first-order valence-corrected chi connectivity index (χ1v) is 9.80. The molecule has 2 aromatic heterocycles. The Hall–Kier alpha value is -3.93. The molecule has 0 aliphatic heterocycles. The lowest BCUT2D eigenvalue weighted by molar-refractivity contribution is 0.0985. The quantitative estimate of drug-likeness (QED) is 0.536. The number of hydrogen-bond donors (Lipinski definition) is 1. The normalized spacial score (nSPS) is 10.7. The minimum Gasteiger partial charge on any atom is -0.319 e. The van der Waals surface area contributed by atoms with Crippen molar-refractivity contribution in [1.29, 1.82) is 0 Å². The van der Waals surface area contributed by atoms with Crippen LogP contribution in [-0.4, -0.2) is 27.7 Å². The number of pyridine rings is 1. The predicted molar refractivity (Wildman–Crippen MR) is 118 cm³/mol. The zero-order chi connectivity index (χ0) is 21.1. The monoisotopic (exact) mass is 398 g/mol. The number of benzene rings is 2. The number of aryl methyl sites for hydroxylation is 1. The Bertz CT molecular complexity index is 1210. The molecule has 0 fully saturated rings. The number of hydrogen-bond acceptors (Lipinski definition) is 3. The molecule has 4 aromatic rings. The van der Waals surface area contributed by atoms with Crippen LogP contribution in [0.5, 0.6) is 0 Å². The van der Waals surface area contributed by atoms with Crippen molar-refractivity contribution in [3.05, 3.63) is 96.1 Å². The van der Waals surface area contributed by atoms with Crippen molar-refractivity contribution in [2.24, 2.45) is 0 Å². The SMILES string of the molecule is CCN(C(=O)c1nc(C(=O)Nc2ccccc2)n2ccccc12)c1cccc(C)c1. The van der Waals surface area contributed by atoms with E-state index >= 15 is 0 Å². The third kappa shape index (κ3) is 3.67. The largest absolute Gasteiger partial charge is 0.319 e. The second-order valence-corrected chi connectivity index (χ2v) is 6.95. The third-order valence-corrected chi connectivity index (χ3v) is 4.86. The lowest BCUT2D eigenvalue weighted by Gasteiger charge is -2.20. The maximum absolute atomic E-state index is 13.4. The first kappa shape index (κ1) is 19.4. The minimum absolute atomic E-state index is 0.165. The summed E-state index contributed by atoms with van der Waals surface area (Å²) in [5.74, 6) is -0.455. The van der Waals surface area contributed by atoms with Gasteiger partial charge in [0.25, 0.3) is 11.8 Å². The topological polar surface area (TPSA) is 66.7 Å². The van der Waals surface area contributed by atoms with Crippen LogP contribution in [0.4, 0.5) is 11.4 Å². The van der Waals surface area contributed by atoms with Gasteiger partial charge in [-0.1, -0.05) is 36.4 Å². The fourth-order valence-corrected chi connectivity index (χ4v) is 3.43. The number of nitrogens with one attached hydrogen (secondary N) is 1. The standard InChI is InChI=1S/C24H22N4O2/c1-3-27(19-13-9-10-17(2)16-19)24(30)21-20-14-7-8-15-28(20)22(26-21)23(29)25-18-11-5-4-6-12-18/h4-16H,3H2,1-2H3,(H,25,29). The molecule has 2 aromatic carbocycles. The Morgan fingerprint density at radius 3 is 2.50 bits per heavy atom. The zero-order valence-corrected chi connectivity index (χ0v) is 16.9. The summed E-state index contributed by atoms with van der Waals surface area (Å²) < 4.78 is 1.65. The van der Waals surface area contributed by atoms with Crippen LogP contribution in [0.3, 0.4) is 0 Å². The van der Waals surface area contributed by atoms with Crippen LogP contribution in [0, 0.1) is 6.92 Å². The molecule has 0 atom stereocenters. The molecule has 0 radical (unpaired) electrons. The van der Waals surface area contributed by atoms with Crippen molar-refractivity contribution in [3.8, 4) is 0 Å². The number of nitrogens with zero attached hydrogens (tertiary/aromatic N) is 3. The molecule has 0 unspecified atom stereocenters. The highest BCUT2D eigenvalue weighted by atomic mass is 16.2. The van der Waals surface area contributed by atoms with Crippen LogP contribution >= 0.6 is 0 Å². The second kappa shape index (κ2) is 8.21. The van der Waals surface area contributed by atoms with E-state index in [1.54, 1.807) is 39.8 Å². The summed E-state index contributed by atoms with van der Waals surface area (Å²) in [5, 5.41) is 2.84. The van der Waals surface area contributed by atoms with Crippen molar-refractivity contribution in [3.63, 3.8) is 0 Å². The summed E-state index contributed by atoms with van der Waals surface area (Å²) in [6.45, 7) is 4.39. The van der Waals surface area contributed by atoms with Crippen molar-refractivity contribution in [2.45, 2.75) is 13.8 Å². The van der Waals surface area contributed by atoms with E-state index in [2.05, 4.69) is 10.3 Å². The molecule has 0 aliphatic carbocycles. The number of imidazole rings is 1. The van der Waals surface area contributed by atoms with Gasteiger partial charge in [-0.3, -0.25) is 14.0 Å². The van der Waals surface area contributed by atoms with E-state index in [-0.39, 0.29) is 23.3 Å². The molecule has 0 saturated heterocycles. The van der Waals surface area contributed by atoms with Crippen molar-refractivity contribution in [2.75, 3.05) is 16.8 Å². The van der Waals surface area contributed by atoms with Crippen LogP contribution in [0.15, 0.2) is 79.0 Å². The van der Waals surface area contributed by atoms with Crippen LogP contribution in [0.2, 0.25) is 0 Å². The number of anilines is 2. The smallest absolute Gasteiger partial charge is 0.292 e. The van der Waals surface area contributed by atoms with Crippen LogP contribution in [0.25, 0.3) is 5.52 Å². The molecule has 2 amide bonds. The third-order valence-electron chi connectivity index (χ3n) is 4.86. The molecule has 6 nitrogen and oxygen atoms in total. The Morgan fingerprint density at radius 1 is 1.00 bits per heavy atom. The van der Waals surface area contributed by atoms with Crippen molar-refractivity contribution < 1.29 is 9.59 Å². The van der Waals surface area contributed by atoms with Crippen molar-refractivity contribution in [1.82, 2.24) is 9.38 Å². The van der Waals surface area contributed by atoms with Gasteiger partial charge in [0.15, 0.2) is 5.69 Å². The second-order valence-electron chi connectivity index (χ2n) is 6.95. The van der Waals surface area contributed by atoms with Gasteiger partial charge in [0, 0.05) is 24.1 Å². The molecule has 0 saturated carbocycles. The molecule has 1 N–H and O–H groups in total. The van der Waals surface area contributed by atoms with Gasteiger partial charge in [0.05, 0.1) is 5.52 Å². The molecule has 4 rings (SSSR count). The maximum atomic E-state index is 13.4. The Balaban J connectivity index is 1.74. The lowest BCUT2D eigenvalue weighted by atomic mass is 10.2. The Labute approximate surface area is 174 Å². The number of fused-ring (bicyclic) bond motifs is 1. The molecule has 6 heteroatoms. The number of carbonyl (C=O) groups excluding carboxylic acids is 2. The molecule has 0 bridgehead atoms. The number of amides is 2. The highest BCUT2D eigenvalue weighted by Crippen LogP contribution is 2.22. The van der Waals surface area contributed by atoms with Crippen LogP contribution < -0.4 is 10.2 Å². The van der Waals surface area contributed by atoms with E-state index in [9.17, 15) is 9.59 Å². The highest BCUT2D eigenvalue weighted by molar-refractivity contribution is 6.11. The average molecular weight is 398 g/mol. The molecule has 150 valence electrons. The fraction of sp³-hybridized carbons (Fsp3) is 0.125. The predicted octanol–water partition coefficient (Wildman–Crippen LogP) is 4.56. The van der Waals surface area contributed by atoms with E-state index in [1.165, 1.54) is 0 Å². The molecular weight excluding hydrogens is 376 g/mol. The number of para-hydroxylation sites is 1. The highest BCUT2D eigenvalue weighted by Gasteiger charge is 2.25. The van der Waals surface area contributed by atoms with E-state index < -0.39 is 0 Å². The lowest BCUT2D eigenvalue weighted by Crippen LogP contribution is -2.31. The van der Waals surface area contributed by atoms with Gasteiger partial charge < -0.3 is 10.2 Å². The summed E-state index contributed by atoms with van der Waals surface area (Å²) in [7, 11) is 0. The van der Waals surface area contributed by atoms with E-state index in [0.29, 0.717) is 17.7 Å². The average Bonchev–Trinajstić information content (AvgIpc) is 3.15. The first-order valence-electron chi connectivity index (χ1n) is 9.80. The summed E-state index contributed by atoms with van der Waals surface area (Å²) in [6.07, 6.45) is 1.74. The summed E-state index contributed by atoms with van der Waals surface area (Å²) in [4.78, 5) is 32.4.